The van der Waals surface area contributed by atoms with Gasteiger partial charge in [0.15, 0.2) is 31.1 Å². The minimum Gasteiger partial charge on any atom is -0.479 e. The molecule has 1 unspecified atom stereocenters. The van der Waals surface area contributed by atoms with E-state index in [1.54, 1.807) is 0 Å². The van der Waals surface area contributed by atoms with Crippen molar-refractivity contribution >= 4 is 41.5 Å². The fraction of sp³-hybridized carbons (Fsp3) is 0.750. The minimum atomic E-state index is -2.16. The van der Waals surface area contributed by atoms with Crippen molar-refractivity contribution in [2.24, 2.45) is 0 Å². The van der Waals surface area contributed by atoms with E-state index in [9.17, 15) is 59.1 Å². The van der Waals surface area contributed by atoms with Crippen LogP contribution in [-0.2, 0) is 57.2 Å². The van der Waals surface area contributed by atoms with Crippen molar-refractivity contribution in [2.75, 3.05) is 0 Å². The molecule has 3 fully saturated rings. The highest BCUT2D eigenvalue weighted by molar-refractivity contribution is 5.78. The minimum absolute atomic E-state index is 0.674. The fourth-order valence-electron chi connectivity index (χ4n) is 6.03. The lowest BCUT2D eigenvalue weighted by Crippen LogP contribution is -2.74. The molecule has 0 aromatic heterocycles. The highest BCUT2D eigenvalue weighted by Crippen LogP contribution is 2.33. The molecule has 3 saturated heterocycles. The first-order valence-electron chi connectivity index (χ1n) is 15.4. The molecule has 0 aromatic carbocycles. The van der Waals surface area contributed by atoms with Gasteiger partial charge in [0.2, 0.25) is 29.5 Å². The van der Waals surface area contributed by atoms with Gasteiger partial charge in [-0.25, -0.2) is 9.59 Å². The highest BCUT2D eigenvalue weighted by atomic mass is 16.7. The second-order valence-corrected chi connectivity index (χ2v) is 12.1. The zero-order valence-corrected chi connectivity index (χ0v) is 27.8. The van der Waals surface area contributed by atoms with Crippen molar-refractivity contribution in [1.29, 1.82) is 0 Å². The van der Waals surface area contributed by atoms with Crippen LogP contribution < -0.4 is 26.6 Å². The van der Waals surface area contributed by atoms with Gasteiger partial charge in [0.25, 0.3) is 0 Å². The number of carboxylic acid groups (broad SMARTS) is 2. The number of rotatable bonds is 11. The first-order valence-corrected chi connectivity index (χ1v) is 15.4. The molecule has 0 saturated carbocycles. The Labute approximate surface area is 284 Å². The van der Waals surface area contributed by atoms with Crippen LogP contribution in [0.15, 0.2) is 0 Å². The summed E-state index contributed by atoms with van der Waals surface area (Å²) in [6.07, 6.45) is -17.9. The Kier molecular flexibility index (Phi) is 13.6. The van der Waals surface area contributed by atoms with Crippen molar-refractivity contribution in [2.45, 2.75) is 133 Å². The summed E-state index contributed by atoms with van der Waals surface area (Å²) in [6, 6.07) is -7.80. The van der Waals surface area contributed by atoms with Gasteiger partial charge in [-0.2, -0.15) is 0 Å². The monoisotopic (exact) mass is 721 g/mol. The number of aliphatic carboxylic acids is 2. The molecule has 3 rings (SSSR count). The molecule has 22 nitrogen and oxygen atoms in total. The maximum absolute atomic E-state index is 12.7. The summed E-state index contributed by atoms with van der Waals surface area (Å²) >= 11 is 0. The van der Waals surface area contributed by atoms with Crippen LogP contribution in [0.5, 0.6) is 0 Å². The predicted molar refractivity (Wildman–Crippen MR) is 159 cm³/mol. The summed E-state index contributed by atoms with van der Waals surface area (Å²) in [5.74, 6) is -7.23. The third-order valence-corrected chi connectivity index (χ3v) is 8.00. The summed E-state index contributed by atoms with van der Waals surface area (Å²) in [5.41, 5.74) is 0. The molecule has 0 aliphatic carbocycles. The lowest BCUT2D eigenvalue weighted by Gasteiger charge is -2.50. The lowest BCUT2D eigenvalue weighted by atomic mass is 9.91. The first-order chi connectivity index (χ1) is 23.2. The molecule has 0 spiro atoms. The van der Waals surface area contributed by atoms with Gasteiger partial charge in [0, 0.05) is 34.6 Å². The summed E-state index contributed by atoms with van der Waals surface area (Å²) in [5, 5.41) is 64.4. The molecule has 15 atom stereocenters. The van der Waals surface area contributed by atoms with Gasteiger partial charge >= 0.3 is 11.9 Å². The van der Waals surface area contributed by atoms with Crippen LogP contribution >= 0.6 is 0 Å². The quantitative estimate of drug-likeness (QED) is 0.0950. The van der Waals surface area contributed by atoms with Crippen LogP contribution in [0.1, 0.15) is 41.5 Å². The van der Waals surface area contributed by atoms with Gasteiger partial charge in [-0.05, 0) is 6.92 Å². The average Bonchev–Trinajstić information content (AvgIpc) is 2.97. The normalized spacial score (nSPS) is 38.5. The van der Waals surface area contributed by atoms with Gasteiger partial charge in [-0.3, -0.25) is 24.0 Å². The van der Waals surface area contributed by atoms with E-state index in [1.165, 1.54) is 6.92 Å². The molecule has 282 valence electrons. The Morgan fingerprint density at radius 1 is 0.500 bits per heavy atom. The highest BCUT2D eigenvalue weighted by Gasteiger charge is 2.57. The topological polar surface area (TPSA) is 327 Å². The predicted octanol–water partition coefficient (Wildman–Crippen LogP) is -5.64. The number of ether oxygens (including phenoxy) is 5. The maximum atomic E-state index is 12.7. The molecule has 5 amide bonds. The smallest absolute Gasteiger partial charge is 0.335 e. The Morgan fingerprint density at radius 2 is 0.880 bits per heavy atom. The summed E-state index contributed by atoms with van der Waals surface area (Å²) in [6.45, 7) is 6.67. The lowest BCUT2D eigenvalue weighted by molar-refractivity contribution is -0.326. The molecular formula is C28H43N5O17. The summed E-state index contributed by atoms with van der Waals surface area (Å²) in [4.78, 5) is 86.0. The van der Waals surface area contributed by atoms with Crippen LogP contribution in [0.25, 0.3) is 0 Å². The number of amides is 5. The molecule has 0 bridgehead atoms. The van der Waals surface area contributed by atoms with Crippen LogP contribution in [-0.4, -0.2) is 159 Å². The van der Waals surface area contributed by atoms with E-state index in [4.69, 9.17) is 23.7 Å². The summed E-state index contributed by atoms with van der Waals surface area (Å²) < 4.78 is 28.5. The van der Waals surface area contributed by atoms with Gasteiger partial charge in [0.1, 0.15) is 42.5 Å². The van der Waals surface area contributed by atoms with E-state index in [1.807, 2.05) is 0 Å². The average molecular weight is 722 g/mol. The van der Waals surface area contributed by atoms with Crippen molar-refractivity contribution < 1.29 is 82.8 Å². The maximum Gasteiger partial charge on any atom is 0.335 e. The number of carboxylic acids is 2. The van der Waals surface area contributed by atoms with Gasteiger partial charge < -0.3 is 75.8 Å². The van der Waals surface area contributed by atoms with Crippen LogP contribution in [0.2, 0.25) is 0 Å². The standard InChI is InChI=1S/C28H43N5O17/c1-7-18(39)20(17(26(45)46-7)33-12(6)38)47-28-16(32-11(5)37)14(30-9(3)35)21(23(50-28)25(43)44)48-27-15(31-10(4)36)13(29-8(2)34)19(40)22(49-27)24(41)42/h7,13-23,26-28,39-40,45H,1-6H3,(H,29,34)(H,30,35)(H,31,36)(H,32,37)(H,33,38)(H,41,42)(H,43,44)/t7-,13-,14-,15+,16+,17-,18+,19+,20-,21+,22-,23+,26?,27-,28-/m1/s1. The Bertz CT molecular complexity index is 1320. The fourth-order valence-corrected chi connectivity index (χ4v) is 6.03. The second kappa shape index (κ2) is 16.8. The van der Waals surface area contributed by atoms with Crippen molar-refractivity contribution in [1.82, 2.24) is 26.6 Å². The van der Waals surface area contributed by atoms with E-state index in [0.29, 0.717) is 0 Å². The SMILES string of the molecule is CC(=O)N[C@@H]1[C@H](O[C@H]2[C@@H](O)[C@@H](C)OC(O)[C@@H]2NC(C)=O)O[C@H](C(=O)O)[C@@H](O[C@@H]2O[C@@H](C(=O)O)[C@@H](O)[C@H](NC(C)=O)[C@@H]2NC(C)=O)[C@@H]1NC(C)=O. The van der Waals surface area contributed by atoms with Crippen molar-refractivity contribution in [3.8, 4) is 0 Å². The van der Waals surface area contributed by atoms with Gasteiger partial charge in [-0.1, -0.05) is 0 Å². The second-order valence-electron chi connectivity index (χ2n) is 12.1. The summed E-state index contributed by atoms with van der Waals surface area (Å²) in [7, 11) is 0. The number of aliphatic hydroxyl groups excluding tert-OH is 3. The van der Waals surface area contributed by atoms with Crippen LogP contribution in [0.3, 0.4) is 0 Å². The Hall–Kier alpha value is -4.03. The molecule has 10 N–H and O–H groups in total. The molecule has 50 heavy (non-hydrogen) atoms. The van der Waals surface area contributed by atoms with E-state index in [0.717, 1.165) is 34.6 Å². The van der Waals surface area contributed by atoms with Crippen molar-refractivity contribution in [3.63, 3.8) is 0 Å². The molecule has 3 heterocycles. The zero-order chi connectivity index (χ0) is 37.8. The molecule has 0 radical (unpaired) electrons. The molecule has 22 heteroatoms. The van der Waals surface area contributed by atoms with Gasteiger partial charge in [-0.15, -0.1) is 0 Å². The Balaban J connectivity index is 2.13. The van der Waals surface area contributed by atoms with Crippen molar-refractivity contribution in [3.05, 3.63) is 0 Å². The van der Waals surface area contributed by atoms with Gasteiger partial charge in [0.05, 0.1) is 18.2 Å². The van der Waals surface area contributed by atoms with E-state index < -0.39 is 133 Å². The van der Waals surface area contributed by atoms with E-state index >= 15 is 0 Å². The number of nitrogens with one attached hydrogen (secondary N) is 5. The largest absolute Gasteiger partial charge is 0.479 e. The molecule has 0 aromatic rings. The number of carbonyl (C=O) groups is 7. The van der Waals surface area contributed by atoms with Crippen LogP contribution in [0.4, 0.5) is 0 Å². The Morgan fingerprint density at radius 3 is 1.34 bits per heavy atom. The number of carbonyl (C=O) groups excluding carboxylic acids is 5. The zero-order valence-electron chi connectivity index (χ0n) is 27.8. The number of hydrogen-bond donors (Lipinski definition) is 10. The first kappa shape index (κ1) is 40.4. The molecular weight excluding hydrogens is 678 g/mol. The molecule has 3 aliphatic heterocycles. The molecule has 3 aliphatic rings. The third-order valence-electron chi connectivity index (χ3n) is 8.00. The number of aliphatic hydroxyl groups is 3. The third kappa shape index (κ3) is 9.60. The van der Waals surface area contributed by atoms with E-state index in [2.05, 4.69) is 26.6 Å². The van der Waals surface area contributed by atoms with E-state index in [-0.39, 0.29) is 0 Å². The van der Waals surface area contributed by atoms with Crippen LogP contribution in [0, 0.1) is 0 Å². The number of hydrogen-bond acceptors (Lipinski definition) is 15.